The molecular weight excluding hydrogens is 191 g/mol. The van der Waals surface area contributed by atoms with Gasteiger partial charge in [-0.15, -0.1) is 11.6 Å². The fourth-order valence-electron chi connectivity index (χ4n) is 0.444. The van der Waals surface area contributed by atoms with Gasteiger partial charge in [0.2, 0.25) is 0 Å². The average Bonchev–Trinajstić information content (AvgIpc) is 1.95. The Bertz CT molecular complexity index is 239. The Morgan fingerprint density at radius 3 is 2.25 bits per heavy atom. The molecule has 1 atom stereocenters. The molecule has 0 nitrogen and oxygen atoms in total. The molecule has 0 bridgehead atoms. The van der Waals surface area contributed by atoms with Crippen LogP contribution in [0.15, 0.2) is 0 Å². The van der Waals surface area contributed by atoms with E-state index >= 15 is 0 Å². The van der Waals surface area contributed by atoms with Crippen LogP contribution in [0.3, 0.4) is 0 Å². The maximum absolute atomic E-state index is 5.76. The molecule has 0 aliphatic carbocycles. The van der Waals surface area contributed by atoms with Gasteiger partial charge in [0, 0.05) is 5.41 Å². The van der Waals surface area contributed by atoms with E-state index in [1.165, 1.54) is 0 Å². The number of alkyl halides is 2. The van der Waals surface area contributed by atoms with Crippen molar-refractivity contribution in [3.63, 3.8) is 0 Å². The standard InChI is InChI=1S/C10H12Cl2/c1-10(2,3)7-6-9(12)5-4-8-11/h9H,8H2,1-3H3. The van der Waals surface area contributed by atoms with Crippen molar-refractivity contribution in [2.45, 2.75) is 26.1 Å². The van der Waals surface area contributed by atoms with Crippen molar-refractivity contribution in [2.24, 2.45) is 5.41 Å². The fourth-order valence-corrected chi connectivity index (χ4v) is 0.653. The predicted molar refractivity (Wildman–Crippen MR) is 55.4 cm³/mol. The van der Waals surface area contributed by atoms with Crippen LogP contribution in [0.1, 0.15) is 20.8 Å². The van der Waals surface area contributed by atoms with E-state index in [4.69, 9.17) is 23.2 Å². The SMILES string of the molecule is CC(C)(C)C#CC(Cl)C#CCCl. The Balaban J connectivity index is 4.14. The number of halogens is 2. The zero-order valence-corrected chi connectivity index (χ0v) is 9.05. The third kappa shape index (κ3) is 7.80. The Labute approximate surface area is 84.6 Å². The quantitative estimate of drug-likeness (QED) is 0.419. The summed E-state index contributed by atoms with van der Waals surface area (Å²) in [6, 6.07) is 0. The maximum atomic E-state index is 5.76. The van der Waals surface area contributed by atoms with Gasteiger partial charge in [0.05, 0.1) is 5.88 Å². The van der Waals surface area contributed by atoms with Gasteiger partial charge in [-0.3, -0.25) is 0 Å². The van der Waals surface area contributed by atoms with Gasteiger partial charge in [-0.1, -0.05) is 35.3 Å². The van der Waals surface area contributed by atoms with E-state index in [9.17, 15) is 0 Å². The van der Waals surface area contributed by atoms with Crippen LogP contribution in [0.2, 0.25) is 0 Å². The van der Waals surface area contributed by atoms with Crippen LogP contribution >= 0.6 is 23.2 Å². The molecule has 0 aliphatic rings. The van der Waals surface area contributed by atoms with Gasteiger partial charge < -0.3 is 0 Å². The lowest BCUT2D eigenvalue weighted by molar-refractivity contribution is 0.570. The normalized spacial score (nSPS) is 12.1. The first kappa shape index (κ1) is 11.7. The van der Waals surface area contributed by atoms with E-state index < -0.39 is 5.38 Å². The molecule has 0 saturated heterocycles. The van der Waals surface area contributed by atoms with Crippen molar-refractivity contribution in [1.29, 1.82) is 0 Å². The van der Waals surface area contributed by atoms with Crippen molar-refractivity contribution in [1.82, 2.24) is 0 Å². The van der Waals surface area contributed by atoms with Crippen LogP contribution < -0.4 is 0 Å². The van der Waals surface area contributed by atoms with Gasteiger partial charge in [-0.25, -0.2) is 0 Å². The summed E-state index contributed by atoms with van der Waals surface area (Å²) >= 11 is 11.1. The molecule has 0 radical (unpaired) electrons. The molecule has 0 spiro atoms. The van der Waals surface area contributed by atoms with E-state index in [2.05, 4.69) is 23.7 Å². The topological polar surface area (TPSA) is 0 Å². The number of hydrogen-bond acceptors (Lipinski definition) is 0. The second kappa shape index (κ2) is 5.36. The molecular formula is C10H12Cl2. The Morgan fingerprint density at radius 1 is 1.25 bits per heavy atom. The monoisotopic (exact) mass is 202 g/mol. The fraction of sp³-hybridized carbons (Fsp3) is 0.600. The second-order valence-electron chi connectivity index (χ2n) is 3.34. The summed E-state index contributed by atoms with van der Waals surface area (Å²) in [5.41, 5.74) is -0.0181. The van der Waals surface area contributed by atoms with Gasteiger partial charge >= 0.3 is 0 Å². The number of hydrogen-bond donors (Lipinski definition) is 0. The highest BCUT2D eigenvalue weighted by Gasteiger charge is 2.03. The first-order chi connectivity index (χ1) is 5.45. The van der Waals surface area contributed by atoms with Crippen molar-refractivity contribution in [2.75, 3.05) is 5.88 Å². The zero-order valence-electron chi connectivity index (χ0n) is 7.54. The molecule has 0 fully saturated rings. The third-order valence-corrected chi connectivity index (χ3v) is 1.22. The smallest absolute Gasteiger partial charge is 0.113 e. The van der Waals surface area contributed by atoms with Crippen molar-refractivity contribution in [3.05, 3.63) is 0 Å². The van der Waals surface area contributed by atoms with Crippen LogP contribution in [-0.4, -0.2) is 11.3 Å². The lowest BCUT2D eigenvalue weighted by atomic mass is 9.98. The second-order valence-corrected chi connectivity index (χ2v) is 4.04. The molecule has 0 N–H and O–H groups in total. The first-order valence-electron chi connectivity index (χ1n) is 3.67. The van der Waals surface area contributed by atoms with E-state index in [-0.39, 0.29) is 5.41 Å². The molecule has 0 aromatic heterocycles. The highest BCUT2D eigenvalue weighted by atomic mass is 35.5. The van der Waals surface area contributed by atoms with E-state index in [1.807, 2.05) is 20.8 Å². The molecule has 12 heavy (non-hydrogen) atoms. The molecule has 2 heteroatoms. The van der Waals surface area contributed by atoms with Gasteiger partial charge in [0.15, 0.2) is 5.38 Å². The summed E-state index contributed by atoms with van der Waals surface area (Å²) in [4.78, 5) is 0. The molecule has 1 unspecified atom stereocenters. The van der Waals surface area contributed by atoms with Crippen LogP contribution in [0.5, 0.6) is 0 Å². The Hall–Kier alpha value is -0.300. The molecule has 0 aromatic rings. The van der Waals surface area contributed by atoms with E-state index in [0.717, 1.165) is 0 Å². The minimum atomic E-state index is -0.400. The molecule has 0 heterocycles. The molecule has 0 rings (SSSR count). The van der Waals surface area contributed by atoms with Gasteiger partial charge in [-0.2, -0.15) is 0 Å². The summed E-state index contributed by atoms with van der Waals surface area (Å²) in [7, 11) is 0. The molecule has 0 amide bonds. The highest BCUT2D eigenvalue weighted by Crippen LogP contribution is 2.10. The van der Waals surface area contributed by atoms with Crippen LogP contribution in [-0.2, 0) is 0 Å². The molecule has 0 aliphatic heterocycles. The largest absolute Gasteiger partial charge is 0.154 e. The van der Waals surface area contributed by atoms with Crippen LogP contribution in [0.4, 0.5) is 0 Å². The first-order valence-corrected chi connectivity index (χ1v) is 4.64. The summed E-state index contributed by atoms with van der Waals surface area (Å²) < 4.78 is 0. The van der Waals surface area contributed by atoms with Gasteiger partial charge in [-0.05, 0) is 20.8 Å². The summed E-state index contributed by atoms with van der Waals surface area (Å²) in [5, 5.41) is -0.400. The minimum absolute atomic E-state index is 0.0181. The van der Waals surface area contributed by atoms with Crippen molar-refractivity contribution in [3.8, 4) is 23.7 Å². The lowest BCUT2D eigenvalue weighted by Crippen LogP contribution is -2.01. The average molecular weight is 203 g/mol. The Kier molecular flexibility index (Phi) is 5.23. The minimum Gasteiger partial charge on any atom is -0.113 e. The highest BCUT2D eigenvalue weighted by molar-refractivity contribution is 6.24. The van der Waals surface area contributed by atoms with Crippen molar-refractivity contribution >= 4 is 23.2 Å². The van der Waals surface area contributed by atoms with Crippen molar-refractivity contribution < 1.29 is 0 Å². The predicted octanol–water partition coefficient (Wildman–Crippen LogP) is 2.89. The zero-order chi connectivity index (χ0) is 9.61. The van der Waals surface area contributed by atoms with E-state index in [0.29, 0.717) is 5.88 Å². The molecule has 0 aromatic carbocycles. The number of rotatable bonds is 0. The van der Waals surface area contributed by atoms with Gasteiger partial charge in [0.1, 0.15) is 0 Å². The summed E-state index contributed by atoms with van der Waals surface area (Å²) in [6.07, 6.45) is 0. The van der Waals surface area contributed by atoms with E-state index in [1.54, 1.807) is 0 Å². The van der Waals surface area contributed by atoms with Crippen LogP contribution in [0, 0.1) is 29.1 Å². The van der Waals surface area contributed by atoms with Gasteiger partial charge in [0.25, 0.3) is 0 Å². The Morgan fingerprint density at radius 2 is 1.83 bits per heavy atom. The summed E-state index contributed by atoms with van der Waals surface area (Å²) in [5.74, 6) is 11.5. The maximum Gasteiger partial charge on any atom is 0.154 e. The molecule has 66 valence electrons. The third-order valence-electron chi connectivity index (χ3n) is 0.869. The lowest BCUT2D eigenvalue weighted by Gasteiger charge is -2.06. The summed E-state index contributed by atoms with van der Waals surface area (Å²) in [6.45, 7) is 6.08. The molecule has 0 saturated carbocycles. The van der Waals surface area contributed by atoms with Crippen LogP contribution in [0.25, 0.3) is 0 Å².